The zero-order valence-electron chi connectivity index (χ0n) is 11.9. The first kappa shape index (κ1) is 14.7. The molecule has 0 radical (unpaired) electrons. The van der Waals surface area contributed by atoms with Crippen LogP contribution >= 0.6 is 22.7 Å². The smallest absolute Gasteiger partial charge is 0.0946 e. The predicted octanol–water partition coefficient (Wildman–Crippen LogP) is 3.97. The van der Waals surface area contributed by atoms with Gasteiger partial charge in [0, 0.05) is 17.3 Å². The van der Waals surface area contributed by atoms with Gasteiger partial charge in [0.15, 0.2) is 0 Å². The summed E-state index contributed by atoms with van der Waals surface area (Å²) in [6, 6.07) is 2.73. The van der Waals surface area contributed by atoms with Crippen LogP contribution in [0.4, 0.5) is 0 Å². The molecule has 0 bridgehead atoms. The van der Waals surface area contributed by atoms with E-state index in [9.17, 15) is 0 Å². The molecule has 2 rings (SSSR count). The molecule has 19 heavy (non-hydrogen) atoms. The van der Waals surface area contributed by atoms with E-state index in [0.717, 1.165) is 19.4 Å². The van der Waals surface area contributed by atoms with E-state index in [4.69, 9.17) is 0 Å². The van der Waals surface area contributed by atoms with Gasteiger partial charge in [-0.1, -0.05) is 6.92 Å². The number of hydrogen-bond donors (Lipinski definition) is 1. The largest absolute Gasteiger partial charge is 0.313 e. The van der Waals surface area contributed by atoms with E-state index in [1.165, 1.54) is 27.6 Å². The van der Waals surface area contributed by atoms with Crippen LogP contribution in [0.5, 0.6) is 0 Å². The highest BCUT2D eigenvalue weighted by atomic mass is 32.1. The number of rotatable bonds is 7. The molecule has 104 valence electrons. The Labute approximate surface area is 123 Å². The molecule has 0 saturated carbocycles. The lowest BCUT2D eigenvalue weighted by molar-refractivity contribution is 0.504. The molecule has 0 saturated heterocycles. The van der Waals surface area contributed by atoms with Crippen LogP contribution in [0.15, 0.2) is 16.8 Å². The van der Waals surface area contributed by atoms with Gasteiger partial charge < -0.3 is 5.32 Å². The fourth-order valence-electron chi connectivity index (χ4n) is 2.10. The van der Waals surface area contributed by atoms with E-state index in [2.05, 4.69) is 47.9 Å². The summed E-state index contributed by atoms with van der Waals surface area (Å²) in [5, 5.41) is 9.32. The number of thiazole rings is 1. The van der Waals surface area contributed by atoms with Crippen molar-refractivity contribution in [2.24, 2.45) is 0 Å². The molecule has 2 heterocycles. The predicted molar refractivity (Wildman–Crippen MR) is 85.4 cm³/mol. The van der Waals surface area contributed by atoms with Crippen LogP contribution in [0.2, 0.25) is 0 Å². The Balaban J connectivity index is 2.00. The molecule has 0 aliphatic rings. The highest BCUT2D eigenvalue weighted by Crippen LogP contribution is 2.19. The molecule has 0 amide bonds. The standard InChI is InChI=1S/C15H22N2S2/c1-4-6-16-14(8-13-5-7-18-10-13)9-15-17-11(2)12(3)19-15/h5,7,10,14,16H,4,6,8-9H2,1-3H3. The maximum absolute atomic E-state index is 4.67. The van der Waals surface area contributed by atoms with Gasteiger partial charge in [0.1, 0.15) is 0 Å². The average Bonchev–Trinajstić information content (AvgIpc) is 2.98. The molecule has 2 aromatic rings. The molecule has 2 aromatic heterocycles. The molecule has 0 spiro atoms. The number of aromatic nitrogens is 1. The van der Waals surface area contributed by atoms with E-state index in [1.54, 1.807) is 11.3 Å². The van der Waals surface area contributed by atoms with Crippen LogP contribution in [0.3, 0.4) is 0 Å². The highest BCUT2D eigenvalue weighted by Gasteiger charge is 2.13. The molecular weight excluding hydrogens is 272 g/mol. The van der Waals surface area contributed by atoms with E-state index < -0.39 is 0 Å². The molecule has 0 fully saturated rings. The minimum absolute atomic E-state index is 0.500. The average molecular weight is 294 g/mol. The fraction of sp³-hybridized carbons (Fsp3) is 0.533. The van der Waals surface area contributed by atoms with E-state index in [-0.39, 0.29) is 0 Å². The highest BCUT2D eigenvalue weighted by molar-refractivity contribution is 7.11. The van der Waals surface area contributed by atoms with Gasteiger partial charge in [-0.3, -0.25) is 0 Å². The number of nitrogens with zero attached hydrogens (tertiary/aromatic N) is 1. The Bertz CT molecular complexity index is 469. The van der Waals surface area contributed by atoms with Crippen molar-refractivity contribution in [1.29, 1.82) is 0 Å². The Morgan fingerprint density at radius 3 is 2.74 bits per heavy atom. The number of nitrogens with one attached hydrogen (secondary N) is 1. The van der Waals surface area contributed by atoms with Crippen LogP contribution in [0, 0.1) is 13.8 Å². The zero-order valence-corrected chi connectivity index (χ0v) is 13.5. The Morgan fingerprint density at radius 1 is 1.32 bits per heavy atom. The second kappa shape index (κ2) is 7.17. The number of thiophene rings is 1. The minimum atomic E-state index is 0.500. The van der Waals surface area contributed by atoms with Crippen molar-refractivity contribution in [3.05, 3.63) is 38.0 Å². The van der Waals surface area contributed by atoms with Gasteiger partial charge in [-0.2, -0.15) is 11.3 Å². The summed E-state index contributed by atoms with van der Waals surface area (Å²) in [4.78, 5) is 6.02. The van der Waals surface area contributed by atoms with Gasteiger partial charge in [0.25, 0.3) is 0 Å². The maximum atomic E-state index is 4.67. The summed E-state index contributed by atoms with van der Waals surface area (Å²) in [5.74, 6) is 0. The van der Waals surface area contributed by atoms with Crippen LogP contribution < -0.4 is 5.32 Å². The van der Waals surface area contributed by atoms with E-state index in [0.29, 0.717) is 6.04 Å². The maximum Gasteiger partial charge on any atom is 0.0946 e. The second-order valence-corrected chi connectivity index (χ2v) is 7.01. The van der Waals surface area contributed by atoms with Crippen molar-refractivity contribution in [2.75, 3.05) is 6.54 Å². The van der Waals surface area contributed by atoms with Gasteiger partial charge >= 0.3 is 0 Å². The first-order valence-electron chi connectivity index (χ1n) is 6.86. The molecule has 4 heteroatoms. The second-order valence-electron chi connectivity index (χ2n) is 4.94. The SMILES string of the molecule is CCCNC(Cc1ccsc1)Cc1nc(C)c(C)s1. The lowest BCUT2D eigenvalue weighted by atomic mass is 10.1. The summed E-state index contributed by atoms with van der Waals surface area (Å²) >= 11 is 3.62. The summed E-state index contributed by atoms with van der Waals surface area (Å²) in [6.07, 6.45) is 3.31. The van der Waals surface area contributed by atoms with Crippen molar-refractivity contribution in [2.45, 2.75) is 46.1 Å². The first-order valence-corrected chi connectivity index (χ1v) is 8.62. The lowest BCUT2D eigenvalue weighted by Crippen LogP contribution is -2.33. The van der Waals surface area contributed by atoms with Gasteiger partial charge in [-0.15, -0.1) is 11.3 Å². The summed E-state index contributed by atoms with van der Waals surface area (Å²) in [6.45, 7) is 7.55. The Hall–Kier alpha value is -0.710. The summed E-state index contributed by atoms with van der Waals surface area (Å²) in [7, 11) is 0. The zero-order chi connectivity index (χ0) is 13.7. The van der Waals surface area contributed by atoms with Gasteiger partial charge in [-0.25, -0.2) is 4.98 Å². The van der Waals surface area contributed by atoms with E-state index in [1.807, 2.05) is 11.3 Å². The molecular formula is C15H22N2S2. The molecule has 0 aliphatic carbocycles. The summed E-state index contributed by atoms with van der Waals surface area (Å²) < 4.78 is 0. The third-order valence-electron chi connectivity index (χ3n) is 3.24. The number of aryl methyl sites for hydroxylation is 2. The third-order valence-corrected chi connectivity index (χ3v) is 5.07. The Morgan fingerprint density at radius 2 is 2.16 bits per heavy atom. The topological polar surface area (TPSA) is 24.9 Å². The van der Waals surface area contributed by atoms with Crippen molar-refractivity contribution >= 4 is 22.7 Å². The molecule has 1 N–H and O–H groups in total. The molecule has 1 atom stereocenters. The molecule has 0 aromatic carbocycles. The van der Waals surface area contributed by atoms with Gasteiger partial charge in [0.2, 0.25) is 0 Å². The normalized spacial score (nSPS) is 12.8. The van der Waals surface area contributed by atoms with Gasteiger partial charge in [-0.05, 0) is 55.6 Å². The quantitative estimate of drug-likeness (QED) is 0.835. The lowest BCUT2D eigenvalue weighted by Gasteiger charge is -2.16. The summed E-state index contributed by atoms with van der Waals surface area (Å²) in [5.41, 5.74) is 2.62. The van der Waals surface area contributed by atoms with Crippen molar-refractivity contribution in [3.63, 3.8) is 0 Å². The van der Waals surface area contributed by atoms with Crippen LogP contribution in [0.25, 0.3) is 0 Å². The first-order chi connectivity index (χ1) is 9.19. The third kappa shape index (κ3) is 4.41. The monoisotopic (exact) mass is 294 g/mol. The Kier molecular flexibility index (Phi) is 5.55. The fourth-order valence-corrected chi connectivity index (χ4v) is 3.79. The van der Waals surface area contributed by atoms with Crippen molar-refractivity contribution < 1.29 is 0 Å². The van der Waals surface area contributed by atoms with Crippen LogP contribution in [-0.2, 0) is 12.8 Å². The minimum Gasteiger partial charge on any atom is -0.313 e. The van der Waals surface area contributed by atoms with Crippen LogP contribution in [0.1, 0.15) is 34.5 Å². The van der Waals surface area contributed by atoms with Gasteiger partial charge in [0.05, 0.1) is 10.7 Å². The molecule has 0 aliphatic heterocycles. The van der Waals surface area contributed by atoms with E-state index >= 15 is 0 Å². The molecule has 1 unspecified atom stereocenters. The van der Waals surface area contributed by atoms with Crippen LogP contribution in [-0.4, -0.2) is 17.6 Å². The van der Waals surface area contributed by atoms with Crippen molar-refractivity contribution in [1.82, 2.24) is 10.3 Å². The van der Waals surface area contributed by atoms with Crippen molar-refractivity contribution in [3.8, 4) is 0 Å². The molecule has 2 nitrogen and oxygen atoms in total. The number of hydrogen-bond acceptors (Lipinski definition) is 4.